The number of carbonyl (C=O) groups excluding carboxylic acids is 4. The molecule has 0 aliphatic carbocycles. The van der Waals surface area contributed by atoms with Gasteiger partial charge in [0.1, 0.15) is 19.3 Å². The number of unbranched alkanes of at least 4 members (excludes halogenated alkanes) is 44. The molecule has 5 atom stereocenters. The summed E-state index contributed by atoms with van der Waals surface area (Å²) in [6.07, 6.45) is 52.6. The monoisotopic (exact) mass is 1340 g/mol. The second-order valence-corrected chi connectivity index (χ2v) is 29.4. The number of phosphoric acid groups is 2. The van der Waals surface area contributed by atoms with Crippen LogP contribution in [0.25, 0.3) is 0 Å². The Morgan fingerprint density at radius 3 is 0.747 bits per heavy atom. The van der Waals surface area contributed by atoms with Crippen molar-refractivity contribution in [2.24, 2.45) is 5.92 Å². The summed E-state index contributed by atoms with van der Waals surface area (Å²) in [6.45, 7) is 7.24. The van der Waals surface area contributed by atoms with Gasteiger partial charge in [-0.15, -0.1) is 0 Å². The highest BCUT2D eigenvalue weighted by molar-refractivity contribution is 7.47. The maximum Gasteiger partial charge on any atom is 0.472 e. The molecule has 2 unspecified atom stereocenters. The number of ether oxygens (including phenoxy) is 4. The van der Waals surface area contributed by atoms with Gasteiger partial charge in [0, 0.05) is 25.7 Å². The lowest BCUT2D eigenvalue weighted by Gasteiger charge is -2.21. The topological polar surface area (TPSA) is 237 Å². The van der Waals surface area contributed by atoms with Crippen LogP contribution >= 0.6 is 15.6 Å². The van der Waals surface area contributed by atoms with Crippen molar-refractivity contribution in [3.05, 3.63) is 0 Å². The lowest BCUT2D eigenvalue weighted by atomic mass is 10.0. The molecule has 0 bridgehead atoms. The van der Waals surface area contributed by atoms with Gasteiger partial charge in [0.15, 0.2) is 12.2 Å². The van der Waals surface area contributed by atoms with E-state index in [1.54, 1.807) is 0 Å². The molecule has 540 valence electrons. The van der Waals surface area contributed by atoms with Crippen LogP contribution in [0.4, 0.5) is 0 Å². The van der Waals surface area contributed by atoms with Crippen LogP contribution in [0.1, 0.15) is 375 Å². The Morgan fingerprint density at radius 1 is 0.297 bits per heavy atom. The second-order valence-electron chi connectivity index (χ2n) is 26.5. The molecule has 0 radical (unpaired) electrons. The Kier molecular flexibility index (Phi) is 64.0. The molecular formula is C72H140O17P2. The summed E-state index contributed by atoms with van der Waals surface area (Å²) in [4.78, 5) is 72.6. The fraction of sp³-hybridized carbons (Fsp3) is 0.944. The lowest BCUT2D eigenvalue weighted by Crippen LogP contribution is -2.30. The number of hydrogen-bond donors (Lipinski definition) is 3. The SMILES string of the molecule is CCCCCCCCCCCCCCCCCCCC(=O)O[C@H](COC(=O)CCCCCCCCCCCC(C)C)COP(=O)(O)OC[C@@H](O)COP(=O)(O)OC[C@@H](COC(=O)CCCCCCCCCCCC)OC(=O)CCCCCCCCCCCCCC. The van der Waals surface area contributed by atoms with Crippen molar-refractivity contribution in [1.29, 1.82) is 0 Å². The van der Waals surface area contributed by atoms with E-state index in [-0.39, 0.29) is 25.7 Å². The molecule has 0 saturated carbocycles. The summed E-state index contributed by atoms with van der Waals surface area (Å²) < 4.78 is 68.4. The van der Waals surface area contributed by atoms with Gasteiger partial charge in [-0.2, -0.15) is 0 Å². The predicted octanol–water partition coefficient (Wildman–Crippen LogP) is 20.9. The predicted molar refractivity (Wildman–Crippen MR) is 368 cm³/mol. The fourth-order valence-corrected chi connectivity index (χ4v) is 12.6. The maximum absolute atomic E-state index is 13.0. The van der Waals surface area contributed by atoms with Crippen molar-refractivity contribution < 1.29 is 80.2 Å². The van der Waals surface area contributed by atoms with Gasteiger partial charge in [-0.05, 0) is 31.6 Å². The minimum Gasteiger partial charge on any atom is -0.462 e. The third kappa shape index (κ3) is 66.5. The van der Waals surface area contributed by atoms with E-state index in [0.29, 0.717) is 25.7 Å². The van der Waals surface area contributed by atoms with Gasteiger partial charge in [-0.1, -0.05) is 324 Å². The Labute approximate surface area is 556 Å². The third-order valence-electron chi connectivity index (χ3n) is 16.8. The Bertz CT molecular complexity index is 1750. The molecule has 0 heterocycles. The molecule has 0 rings (SSSR count). The normalized spacial score (nSPS) is 14.0. The van der Waals surface area contributed by atoms with Crippen molar-refractivity contribution in [1.82, 2.24) is 0 Å². The molecule has 0 aromatic heterocycles. The van der Waals surface area contributed by atoms with Crippen molar-refractivity contribution in [3.8, 4) is 0 Å². The van der Waals surface area contributed by atoms with Gasteiger partial charge < -0.3 is 33.8 Å². The molecule has 19 heteroatoms. The molecular weight excluding hydrogens is 1200 g/mol. The fourth-order valence-electron chi connectivity index (χ4n) is 11.0. The molecule has 0 aliphatic heterocycles. The van der Waals surface area contributed by atoms with E-state index < -0.39 is 97.5 Å². The lowest BCUT2D eigenvalue weighted by molar-refractivity contribution is -0.161. The first-order chi connectivity index (χ1) is 44.0. The van der Waals surface area contributed by atoms with Gasteiger partial charge in [0.05, 0.1) is 26.4 Å². The van der Waals surface area contributed by atoms with E-state index in [9.17, 15) is 43.2 Å². The summed E-state index contributed by atoms with van der Waals surface area (Å²) in [6, 6.07) is 0. The molecule has 0 spiro atoms. The summed E-state index contributed by atoms with van der Waals surface area (Å²) in [5, 5.41) is 10.6. The quantitative estimate of drug-likeness (QED) is 0.0222. The number of hydrogen-bond acceptors (Lipinski definition) is 15. The standard InChI is InChI=1S/C72H140O17P2/c1-6-9-12-15-18-21-24-26-27-28-29-30-32-37-43-48-53-58-72(77)89-68(62-83-70(75)56-51-46-41-38-33-34-39-44-49-54-65(4)5)64-87-91(80,81)85-60-66(73)59-84-90(78,79)86-63-67(61-82-69(74)55-50-45-40-35-23-20-17-14-11-8-3)88-71(76)57-52-47-42-36-31-25-22-19-16-13-10-7-2/h65-68,73H,6-64H2,1-5H3,(H,78,79)(H,80,81)/t66-,67+,68+/m0/s1. The van der Waals surface area contributed by atoms with Gasteiger partial charge in [-0.3, -0.25) is 37.3 Å². The molecule has 91 heavy (non-hydrogen) atoms. The van der Waals surface area contributed by atoms with Gasteiger partial charge in [0.25, 0.3) is 0 Å². The van der Waals surface area contributed by atoms with Gasteiger partial charge in [-0.25, -0.2) is 9.13 Å². The summed E-state index contributed by atoms with van der Waals surface area (Å²) in [5.74, 6) is -1.37. The van der Waals surface area contributed by atoms with E-state index in [4.69, 9.17) is 37.0 Å². The average molecular weight is 1340 g/mol. The van der Waals surface area contributed by atoms with Crippen LogP contribution in [0.15, 0.2) is 0 Å². The average Bonchev–Trinajstić information content (AvgIpc) is 3.05. The van der Waals surface area contributed by atoms with E-state index in [1.807, 2.05) is 0 Å². The molecule has 17 nitrogen and oxygen atoms in total. The van der Waals surface area contributed by atoms with Crippen molar-refractivity contribution in [2.45, 2.75) is 393 Å². The highest BCUT2D eigenvalue weighted by atomic mass is 31.2. The Hall–Kier alpha value is -1.94. The van der Waals surface area contributed by atoms with Crippen LogP contribution in [0, 0.1) is 5.92 Å². The number of aliphatic hydroxyl groups excluding tert-OH is 1. The van der Waals surface area contributed by atoms with Crippen molar-refractivity contribution >= 4 is 39.5 Å². The summed E-state index contributed by atoms with van der Waals surface area (Å²) in [7, 11) is -9.90. The molecule has 0 fully saturated rings. The first-order valence-corrected chi connectivity index (χ1v) is 40.6. The summed E-state index contributed by atoms with van der Waals surface area (Å²) >= 11 is 0. The van der Waals surface area contributed by atoms with Crippen molar-refractivity contribution in [3.63, 3.8) is 0 Å². The van der Waals surface area contributed by atoms with Crippen molar-refractivity contribution in [2.75, 3.05) is 39.6 Å². The number of esters is 4. The second kappa shape index (κ2) is 65.4. The number of carbonyl (C=O) groups is 4. The number of aliphatic hydroxyl groups is 1. The van der Waals surface area contributed by atoms with Crippen LogP contribution in [-0.2, 0) is 65.4 Å². The minimum atomic E-state index is -4.95. The van der Waals surface area contributed by atoms with Crippen LogP contribution in [0.3, 0.4) is 0 Å². The molecule has 3 N–H and O–H groups in total. The molecule has 0 saturated heterocycles. The van der Waals surface area contributed by atoms with E-state index in [0.717, 1.165) is 95.8 Å². The highest BCUT2D eigenvalue weighted by Gasteiger charge is 2.30. The molecule has 0 aromatic rings. The Balaban J connectivity index is 5.23. The molecule has 0 aromatic carbocycles. The van der Waals surface area contributed by atoms with Gasteiger partial charge >= 0.3 is 39.5 Å². The molecule has 0 aliphatic rings. The number of rotatable bonds is 72. The summed E-state index contributed by atoms with van der Waals surface area (Å²) in [5.41, 5.74) is 0. The minimum absolute atomic E-state index is 0.108. The highest BCUT2D eigenvalue weighted by Crippen LogP contribution is 2.45. The van der Waals surface area contributed by atoms with Crippen LogP contribution < -0.4 is 0 Å². The Morgan fingerprint density at radius 2 is 0.505 bits per heavy atom. The number of phosphoric ester groups is 2. The van der Waals surface area contributed by atoms with E-state index in [1.165, 1.54) is 199 Å². The maximum atomic E-state index is 13.0. The van der Waals surface area contributed by atoms with Crippen LogP contribution in [0.5, 0.6) is 0 Å². The first kappa shape index (κ1) is 89.1. The largest absolute Gasteiger partial charge is 0.472 e. The van der Waals surface area contributed by atoms with E-state index >= 15 is 0 Å². The first-order valence-electron chi connectivity index (χ1n) is 37.6. The van der Waals surface area contributed by atoms with Gasteiger partial charge in [0.2, 0.25) is 0 Å². The van der Waals surface area contributed by atoms with Crippen LogP contribution in [0.2, 0.25) is 0 Å². The molecule has 0 amide bonds. The third-order valence-corrected chi connectivity index (χ3v) is 18.7. The van der Waals surface area contributed by atoms with Crippen LogP contribution in [-0.4, -0.2) is 96.7 Å². The zero-order valence-electron chi connectivity index (χ0n) is 59.0. The smallest absolute Gasteiger partial charge is 0.462 e. The zero-order chi connectivity index (χ0) is 67.0. The zero-order valence-corrected chi connectivity index (χ0v) is 60.8. The van der Waals surface area contributed by atoms with E-state index in [2.05, 4.69) is 34.6 Å².